The second-order valence-electron chi connectivity index (χ2n) is 6.95. The van der Waals surface area contributed by atoms with Gasteiger partial charge in [0.25, 0.3) is 0 Å². The number of hydrogen-bond acceptors (Lipinski definition) is 2. The van der Waals surface area contributed by atoms with E-state index in [1.54, 1.807) is 0 Å². The molecule has 0 N–H and O–H groups in total. The molecule has 0 aliphatic carbocycles. The topological polar surface area (TPSA) is 26.3 Å². The van der Waals surface area contributed by atoms with Gasteiger partial charge in [0.05, 0.1) is 19.4 Å². The molecule has 1 atom stereocenters. The SMILES string of the molecule is CCC(C)(F)C(=O)OCCC(F)(F)C(F)(F)C(F)(F)C(F)(F)C(F)(F)CC(F)(F)C(F)(F)F. The summed E-state index contributed by atoms with van der Waals surface area (Å²) in [6.07, 6.45) is -14.9. The normalized spacial score (nSPS) is 17.0. The first-order valence-electron chi connectivity index (χ1n) is 8.34. The molecular formula is C15H14F16O2. The fourth-order valence-corrected chi connectivity index (χ4v) is 1.87. The molecule has 0 saturated heterocycles. The molecule has 33 heavy (non-hydrogen) atoms. The van der Waals surface area contributed by atoms with Gasteiger partial charge in [-0.25, -0.2) is 9.18 Å². The molecule has 0 aliphatic rings. The fraction of sp³-hybridized carbons (Fsp3) is 0.933. The van der Waals surface area contributed by atoms with Gasteiger partial charge in [-0.05, 0) is 13.3 Å². The molecule has 2 nitrogen and oxygen atoms in total. The predicted octanol–water partition coefficient (Wildman–Crippen LogP) is 6.82. The Morgan fingerprint density at radius 3 is 1.39 bits per heavy atom. The summed E-state index contributed by atoms with van der Waals surface area (Å²) < 4.78 is 213. The zero-order chi connectivity index (χ0) is 27.1. The molecule has 18 heteroatoms. The molecule has 0 aromatic rings. The Hall–Kier alpha value is -1.65. The minimum absolute atomic E-state index is 0.523. The quantitative estimate of drug-likeness (QED) is 0.217. The van der Waals surface area contributed by atoms with Crippen molar-refractivity contribution in [3.63, 3.8) is 0 Å². The third-order valence-corrected chi connectivity index (χ3v) is 4.30. The third kappa shape index (κ3) is 5.71. The summed E-state index contributed by atoms with van der Waals surface area (Å²) >= 11 is 0. The van der Waals surface area contributed by atoms with Gasteiger partial charge >= 0.3 is 47.7 Å². The predicted molar refractivity (Wildman–Crippen MR) is 75.7 cm³/mol. The zero-order valence-electron chi connectivity index (χ0n) is 16.2. The number of esters is 1. The number of rotatable bonds is 11. The molecule has 0 saturated carbocycles. The van der Waals surface area contributed by atoms with Crippen molar-refractivity contribution in [2.24, 2.45) is 0 Å². The number of hydrogen-bond donors (Lipinski definition) is 0. The maximum atomic E-state index is 13.6. The monoisotopic (exact) mass is 530 g/mol. The summed E-state index contributed by atoms with van der Waals surface area (Å²) in [5, 5.41) is 0. The van der Waals surface area contributed by atoms with Crippen molar-refractivity contribution in [1.29, 1.82) is 0 Å². The van der Waals surface area contributed by atoms with E-state index in [2.05, 4.69) is 4.74 Å². The van der Waals surface area contributed by atoms with Gasteiger partial charge < -0.3 is 4.74 Å². The molecule has 0 bridgehead atoms. The van der Waals surface area contributed by atoms with E-state index in [1.165, 1.54) is 0 Å². The van der Waals surface area contributed by atoms with Crippen LogP contribution in [0.2, 0.25) is 0 Å². The smallest absolute Gasteiger partial charge is 0.453 e. The van der Waals surface area contributed by atoms with Crippen molar-refractivity contribution in [2.75, 3.05) is 6.61 Å². The first kappa shape index (κ1) is 31.4. The number of carbonyl (C=O) groups excluding carboxylic acids is 1. The summed E-state index contributed by atoms with van der Waals surface area (Å²) in [6, 6.07) is 0. The van der Waals surface area contributed by atoms with Crippen molar-refractivity contribution in [3.8, 4) is 0 Å². The molecule has 0 amide bonds. The van der Waals surface area contributed by atoms with Crippen LogP contribution in [0.25, 0.3) is 0 Å². The Balaban J connectivity index is 5.90. The molecule has 0 aliphatic heterocycles. The Kier molecular flexibility index (Phi) is 8.41. The van der Waals surface area contributed by atoms with E-state index in [1.807, 2.05) is 0 Å². The summed E-state index contributed by atoms with van der Waals surface area (Å²) in [6.45, 7) is -0.476. The van der Waals surface area contributed by atoms with Crippen LogP contribution < -0.4 is 0 Å². The van der Waals surface area contributed by atoms with E-state index in [0.717, 1.165) is 6.92 Å². The average Bonchev–Trinajstić information content (AvgIpc) is 2.58. The molecule has 0 radical (unpaired) electrons. The van der Waals surface area contributed by atoms with Crippen LogP contribution >= 0.6 is 0 Å². The minimum atomic E-state index is -7.91. The Labute approximate surface area is 174 Å². The molecule has 0 fully saturated rings. The second-order valence-corrected chi connectivity index (χ2v) is 6.95. The molecule has 0 aromatic carbocycles. The van der Waals surface area contributed by atoms with E-state index < -0.39 is 79.2 Å². The van der Waals surface area contributed by atoms with E-state index in [0.29, 0.717) is 6.92 Å². The van der Waals surface area contributed by atoms with Gasteiger partial charge in [0.15, 0.2) is 0 Å². The largest absolute Gasteiger partial charge is 0.463 e. The van der Waals surface area contributed by atoms with Crippen molar-refractivity contribution in [2.45, 2.75) is 80.5 Å². The van der Waals surface area contributed by atoms with Crippen LogP contribution in [0.4, 0.5) is 70.2 Å². The van der Waals surface area contributed by atoms with Gasteiger partial charge in [0.1, 0.15) is 0 Å². The van der Waals surface area contributed by atoms with Crippen LogP contribution in [-0.4, -0.2) is 60.0 Å². The molecule has 0 spiro atoms. The van der Waals surface area contributed by atoms with Crippen molar-refractivity contribution in [1.82, 2.24) is 0 Å². The van der Waals surface area contributed by atoms with Crippen LogP contribution in [0.15, 0.2) is 0 Å². The lowest BCUT2D eigenvalue weighted by molar-refractivity contribution is -0.412. The number of ether oxygens (including phenoxy) is 1. The number of alkyl halides is 16. The summed E-state index contributed by atoms with van der Waals surface area (Å²) in [5.74, 6) is -45.8. The molecular weight excluding hydrogens is 516 g/mol. The molecule has 198 valence electrons. The van der Waals surface area contributed by atoms with Gasteiger partial charge in [0, 0.05) is 0 Å². The van der Waals surface area contributed by atoms with Gasteiger partial charge in [-0.3, -0.25) is 0 Å². The molecule has 1 unspecified atom stereocenters. The molecule has 0 heterocycles. The number of halogens is 16. The van der Waals surface area contributed by atoms with Gasteiger partial charge in [-0.2, -0.15) is 65.9 Å². The van der Waals surface area contributed by atoms with Crippen LogP contribution in [0, 0.1) is 0 Å². The minimum Gasteiger partial charge on any atom is -0.463 e. The van der Waals surface area contributed by atoms with Crippen LogP contribution in [0.5, 0.6) is 0 Å². The van der Waals surface area contributed by atoms with Crippen LogP contribution in [0.3, 0.4) is 0 Å². The Morgan fingerprint density at radius 1 is 0.636 bits per heavy atom. The number of carbonyl (C=O) groups is 1. The lowest BCUT2D eigenvalue weighted by Crippen LogP contribution is -2.68. The maximum absolute atomic E-state index is 13.6. The summed E-state index contributed by atoms with van der Waals surface area (Å²) in [4.78, 5) is 11.2. The third-order valence-electron chi connectivity index (χ3n) is 4.30. The van der Waals surface area contributed by atoms with Crippen LogP contribution in [-0.2, 0) is 9.53 Å². The van der Waals surface area contributed by atoms with Crippen molar-refractivity contribution in [3.05, 3.63) is 0 Å². The maximum Gasteiger partial charge on any atom is 0.453 e. The average molecular weight is 530 g/mol. The van der Waals surface area contributed by atoms with E-state index in [9.17, 15) is 75.0 Å². The molecule has 0 rings (SSSR count). The van der Waals surface area contributed by atoms with Crippen LogP contribution in [0.1, 0.15) is 33.1 Å². The van der Waals surface area contributed by atoms with E-state index in [4.69, 9.17) is 0 Å². The zero-order valence-corrected chi connectivity index (χ0v) is 16.2. The second kappa shape index (κ2) is 8.85. The highest BCUT2D eigenvalue weighted by molar-refractivity contribution is 5.78. The summed E-state index contributed by atoms with van der Waals surface area (Å²) in [5.41, 5.74) is -2.87. The first-order chi connectivity index (χ1) is 14.1. The van der Waals surface area contributed by atoms with Crippen molar-refractivity contribution < 1.29 is 79.8 Å². The van der Waals surface area contributed by atoms with E-state index >= 15 is 0 Å². The highest BCUT2D eigenvalue weighted by Crippen LogP contribution is 2.60. The first-order valence-corrected chi connectivity index (χ1v) is 8.34. The van der Waals surface area contributed by atoms with Gasteiger partial charge in [0.2, 0.25) is 5.67 Å². The summed E-state index contributed by atoms with van der Waals surface area (Å²) in [7, 11) is 0. The standard InChI is InChI=1S/C15H14F16O2/c1-3-8(2,16)7(32)33-5-4-9(17,18)12(23,24)14(27,28)13(25,26)10(19,20)6-11(21,22)15(29,30)31/h3-6H2,1-2H3. The Morgan fingerprint density at radius 2 is 1.03 bits per heavy atom. The van der Waals surface area contributed by atoms with Gasteiger partial charge in [-0.1, -0.05) is 6.92 Å². The Bertz CT molecular complexity index is 695. The van der Waals surface area contributed by atoms with E-state index in [-0.39, 0.29) is 0 Å². The lowest BCUT2D eigenvalue weighted by Gasteiger charge is -2.40. The van der Waals surface area contributed by atoms with Gasteiger partial charge in [-0.15, -0.1) is 0 Å². The molecule has 0 aromatic heterocycles. The highest BCUT2D eigenvalue weighted by atomic mass is 19.4. The fourth-order valence-electron chi connectivity index (χ4n) is 1.87. The highest BCUT2D eigenvalue weighted by Gasteiger charge is 2.87. The lowest BCUT2D eigenvalue weighted by atomic mass is 9.90. The van der Waals surface area contributed by atoms with Crippen molar-refractivity contribution >= 4 is 5.97 Å².